The van der Waals surface area contributed by atoms with Crippen LogP contribution in [-0.4, -0.2) is 60.3 Å². The number of rotatable bonds is 4. The van der Waals surface area contributed by atoms with Gasteiger partial charge in [0.1, 0.15) is 0 Å². The van der Waals surface area contributed by atoms with E-state index in [1.807, 2.05) is 0 Å². The molecule has 3 fully saturated rings. The van der Waals surface area contributed by atoms with Crippen LogP contribution >= 0.6 is 11.8 Å². The van der Waals surface area contributed by atoms with Crippen LogP contribution in [0.2, 0.25) is 0 Å². The van der Waals surface area contributed by atoms with E-state index in [9.17, 15) is 0 Å². The van der Waals surface area contributed by atoms with Gasteiger partial charge in [-0.2, -0.15) is 11.8 Å². The molecule has 3 rings (SSSR count). The molecule has 3 aliphatic rings. The first-order valence-electron chi connectivity index (χ1n) is 7.51. The van der Waals surface area contributed by atoms with Crippen LogP contribution in [-0.2, 0) is 4.74 Å². The number of hydrogen-bond acceptors (Lipinski definition) is 4. The summed E-state index contributed by atoms with van der Waals surface area (Å²) in [4.78, 5) is 2.78. The minimum Gasteiger partial charge on any atom is -0.374 e. The van der Waals surface area contributed by atoms with E-state index in [1.165, 1.54) is 56.8 Å². The van der Waals surface area contributed by atoms with Gasteiger partial charge >= 0.3 is 0 Å². The van der Waals surface area contributed by atoms with Gasteiger partial charge in [-0.3, -0.25) is 4.90 Å². The SMILES string of the molecule is CCCN(C1CNC1)C1CCOC2(CCSC2)C1. The van der Waals surface area contributed by atoms with Gasteiger partial charge in [0.2, 0.25) is 0 Å². The van der Waals surface area contributed by atoms with Crippen molar-refractivity contribution in [2.45, 2.75) is 50.3 Å². The summed E-state index contributed by atoms with van der Waals surface area (Å²) >= 11 is 2.08. The molecule has 1 N–H and O–H groups in total. The highest BCUT2D eigenvalue weighted by Gasteiger charge is 2.43. The van der Waals surface area contributed by atoms with Gasteiger partial charge in [0.15, 0.2) is 0 Å². The van der Waals surface area contributed by atoms with Crippen LogP contribution in [0.5, 0.6) is 0 Å². The van der Waals surface area contributed by atoms with E-state index in [0.29, 0.717) is 0 Å². The number of ether oxygens (including phenoxy) is 1. The fourth-order valence-corrected chi connectivity index (χ4v) is 4.96. The second-order valence-corrected chi connectivity index (χ2v) is 7.14. The Labute approximate surface area is 115 Å². The summed E-state index contributed by atoms with van der Waals surface area (Å²) in [5.74, 6) is 2.53. The summed E-state index contributed by atoms with van der Waals surface area (Å²) in [6.07, 6.45) is 5.06. The summed E-state index contributed by atoms with van der Waals surface area (Å²) < 4.78 is 6.15. The Kier molecular flexibility index (Phi) is 4.18. The lowest BCUT2D eigenvalue weighted by atomic mass is 9.87. The van der Waals surface area contributed by atoms with Crippen molar-refractivity contribution in [1.29, 1.82) is 0 Å². The van der Waals surface area contributed by atoms with Crippen molar-refractivity contribution in [3.8, 4) is 0 Å². The Bertz CT molecular complexity index is 277. The normalized spacial score (nSPS) is 37.3. The highest BCUT2D eigenvalue weighted by atomic mass is 32.2. The summed E-state index contributed by atoms with van der Waals surface area (Å²) in [5, 5.41) is 3.42. The van der Waals surface area contributed by atoms with E-state index in [0.717, 1.165) is 18.7 Å². The van der Waals surface area contributed by atoms with Gasteiger partial charge in [-0.05, 0) is 38.0 Å². The fourth-order valence-electron chi connectivity index (χ4n) is 3.58. The Morgan fingerprint density at radius 2 is 2.28 bits per heavy atom. The van der Waals surface area contributed by atoms with Crippen LogP contribution in [0.15, 0.2) is 0 Å². The summed E-state index contributed by atoms with van der Waals surface area (Å²) in [5.41, 5.74) is 0.233. The number of thioether (sulfide) groups is 1. The Morgan fingerprint density at radius 3 is 2.89 bits per heavy atom. The molecule has 2 atom stereocenters. The third-order valence-electron chi connectivity index (χ3n) is 4.71. The minimum atomic E-state index is 0.233. The molecule has 0 aromatic heterocycles. The van der Waals surface area contributed by atoms with Gasteiger partial charge in [-0.15, -0.1) is 0 Å². The summed E-state index contributed by atoms with van der Waals surface area (Å²) in [7, 11) is 0. The molecule has 0 radical (unpaired) electrons. The molecule has 1 spiro atoms. The van der Waals surface area contributed by atoms with Crippen LogP contribution in [0.4, 0.5) is 0 Å². The van der Waals surface area contributed by atoms with E-state index >= 15 is 0 Å². The maximum absolute atomic E-state index is 6.15. The van der Waals surface area contributed by atoms with E-state index in [-0.39, 0.29) is 5.60 Å². The molecule has 0 aromatic rings. The van der Waals surface area contributed by atoms with Crippen molar-refractivity contribution in [1.82, 2.24) is 10.2 Å². The number of hydrogen-bond donors (Lipinski definition) is 1. The minimum absolute atomic E-state index is 0.233. The van der Waals surface area contributed by atoms with Crippen molar-refractivity contribution in [3.63, 3.8) is 0 Å². The third-order valence-corrected chi connectivity index (χ3v) is 5.94. The second-order valence-electron chi connectivity index (χ2n) is 6.03. The zero-order valence-electron chi connectivity index (χ0n) is 11.5. The lowest BCUT2D eigenvalue weighted by Crippen LogP contribution is -2.62. The van der Waals surface area contributed by atoms with Crippen molar-refractivity contribution in [2.75, 3.05) is 37.7 Å². The van der Waals surface area contributed by atoms with Crippen LogP contribution < -0.4 is 5.32 Å². The number of nitrogens with zero attached hydrogens (tertiary/aromatic N) is 1. The zero-order valence-corrected chi connectivity index (χ0v) is 12.3. The standard InChI is InChI=1S/C14H26N2OS/c1-2-5-16(13-9-15-10-13)12-3-6-17-14(8-12)4-7-18-11-14/h12-13,15H,2-11H2,1H3. The molecule has 3 aliphatic heterocycles. The molecule has 2 unspecified atom stereocenters. The first-order chi connectivity index (χ1) is 8.83. The first-order valence-corrected chi connectivity index (χ1v) is 8.67. The predicted octanol–water partition coefficient (Wildman–Crippen LogP) is 1.72. The quantitative estimate of drug-likeness (QED) is 0.841. The maximum atomic E-state index is 6.15. The molecular formula is C14H26N2OS. The van der Waals surface area contributed by atoms with Crippen LogP contribution in [0.25, 0.3) is 0 Å². The van der Waals surface area contributed by atoms with Crippen molar-refractivity contribution >= 4 is 11.8 Å². The molecule has 0 saturated carbocycles. The van der Waals surface area contributed by atoms with Gasteiger partial charge in [0.25, 0.3) is 0 Å². The number of nitrogens with one attached hydrogen (secondary N) is 1. The summed E-state index contributed by atoms with van der Waals surface area (Å²) in [6.45, 7) is 6.93. The van der Waals surface area contributed by atoms with Gasteiger partial charge < -0.3 is 10.1 Å². The molecule has 0 aromatic carbocycles. The Balaban J connectivity index is 1.65. The van der Waals surface area contributed by atoms with Crippen LogP contribution in [0, 0.1) is 0 Å². The molecule has 4 heteroatoms. The van der Waals surface area contributed by atoms with E-state index in [2.05, 4.69) is 28.9 Å². The first kappa shape index (κ1) is 13.2. The average Bonchev–Trinajstić information content (AvgIpc) is 2.74. The topological polar surface area (TPSA) is 24.5 Å². The molecule has 0 aliphatic carbocycles. The molecule has 0 bridgehead atoms. The van der Waals surface area contributed by atoms with Crippen LogP contribution in [0.3, 0.4) is 0 Å². The van der Waals surface area contributed by atoms with Crippen molar-refractivity contribution in [2.24, 2.45) is 0 Å². The Morgan fingerprint density at radius 1 is 1.39 bits per heavy atom. The molecule has 3 heterocycles. The molecule has 104 valence electrons. The largest absolute Gasteiger partial charge is 0.374 e. The molecule has 0 amide bonds. The smallest absolute Gasteiger partial charge is 0.0795 e. The Hall–Kier alpha value is 0.230. The maximum Gasteiger partial charge on any atom is 0.0795 e. The zero-order chi connectivity index (χ0) is 12.4. The monoisotopic (exact) mass is 270 g/mol. The molecule has 18 heavy (non-hydrogen) atoms. The van der Waals surface area contributed by atoms with Crippen LogP contribution in [0.1, 0.15) is 32.6 Å². The lowest BCUT2D eigenvalue weighted by molar-refractivity contribution is -0.0979. The van der Waals surface area contributed by atoms with Gasteiger partial charge in [-0.1, -0.05) is 6.92 Å². The van der Waals surface area contributed by atoms with Crippen molar-refractivity contribution < 1.29 is 4.74 Å². The molecule has 3 saturated heterocycles. The fraction of sp³-hybridized carbons (Fsp3) is 1.00. The highest BCUT2D eigenvalue weighted by molar-refractivity contribution is 7.99. The highest BCUT2D eigenvalue weighted by Crippen LogP contribution is 2.40. The molecular weight excluding hydrogens is 244 g/mol. The van der Waals surface area contributed by atoms with Gasteiger partial charge in [-0.25, -0.2) is 0 Å². The predicted molar refractivity (Wildman–Crippen MR) is 77.3 cm³/mol. The second kappa shape index (κ2) is 5.70. The lowest BCUT2D eigenvalue weighted by Gasteiger charge is -2.48. The van der Waals surface area contributed by atoms with E-state index < -0.39 is 0 Å². The van der Waals surface area contributed by atoms with E-state index in [1.54, 1.807) is 0 Å². The van der Waals surface area contributed by atoms with Crippen molar-refractivity contribution in [3.05, 3.63) is 0 Å². The van der Waals surface area contributed by atoms with E-state index in [4.69, 9.17) is 4.74 Å². The average molecular weight is 270 g/mol. The van der Waals surface area contributed by atoms with Gasteiger partial charge in [0, 0.05) is 37.5 Å². The summed E-state index contributed by atoms with van der Waals surface area (Å²) in [6, 6.07) is 1.56. The van der Waals surface area contributed by atoms with Gasteiger partial charge in [0.05, 0.1) is 5.60 Å². The molecule has 3 nitrogen and oxygen atoms in total. The third kappa shape index (κ3) is 2.58.